The number of amides is 1. The fraction of sp³-hybridized carbons (Fsp3) is 0.585. The Labute approximate surface area is 349 Å². The van der Waals surface area contributed by atoms with Crippen LogP contribution in [-0.4, -0.2) is 183 Å². The van der Waals surface area contributed by atoms with Crippen LogP contribution in [0.1, 0.15) is 12.0 Å². The fourth-order valence-corrected chi connectivity index (χ4v) is 9.06. The normalized spacial score (nSPS) is 40.9. The van der Waals surface area contributed by atoms with Crippen molar-refractivity contribution in [1.29, 1.82) is 0 Å². The molecule has 1 saturated carbocycles. The average molecular weight is 858 g/mol. The predicted octanol–water partition coefficient (Wildman–Crippen LogP) is -4.56. The highest BCUT2D eigenvalue weighted by Crippen LogP contribution is 2.37. The summed E-state index contributed by atoms with van der Waals surface area (Å²) in [6.07, 6.45) is -21.7. The van der Waals surface area contributed by atoms with E-state index in [1.807, 2.05) is 30.3 Å². The molecule has 8 rings (SSSR count). The number of carbonyl (C=O) groups is 1. The molecule has 3 saturated heterocycles. The van der Waals surface area contributed by atoms with Crippen LogP contribution in [0.15, 0.2) is 54.6 Å². The van der Waals surface area contributed by atoms with Crippen LogP contribution in [0.4, 0.5) is 0 Å². The quantitative estimate of drug-likeness (QED) is 0.0597. The van der Waals surface area contributed by atoms with E-state index >= 15 is 0 Å². The number of hydrogen-bond donors (Lipinski definition) is 13. The predicted molar refractivity (Wildman–Crippen MR) is 214 cm³/mol. The smallest absolute Gasteiger partial charge is 0.224 e. The Morgan fingerprint density at radius 2 is 1.10 bits per heavy atom. The molecule has 0 aromatic heterocycles. The van der Waals surface area contributed by atoms with Crippen LogP contribution >= 0.6 is 0 Å². The molecule has 3 heterocycles. The number of nitrogens with two attached hydrogens (primary N) is 4. The lowest BCUT2D eigenvalue weighted by molar-refractivity contribution is -0.310. The van der Waals surface area contributed by atoms with E-state index in [4.69, 9.17) is 51.4 Å². The van der Waals surface area contributed by atoms with Crippen molar-refractivity contribution in [3.8, 4) is 0 Å². The molecule has 3 aliphatic heterocycles. The lowest BCUT2D eigenvalue weighted by Gasteiger charge is -2.47. The van der Waals surface area contributed by atoms with Crippen LogP contribution in [0.2, 0.25) is 0 Å². The zero-order valence-electron chi connectivity index (χ0n) is 32.9. The molecule has 0 unspecified atom stereocenters. The molecule has 19 atom stereocenters. The molecule has 0 bridgehead atoms. The van der Waals surface area contributed by atoms with E-state index in [1.165, 1.54) is 0 Å². The first-order valence-electron chi connectivity index (χ1n) is 20.4. The first kappa shape index (κ1) is 44.3. The second-order valence-corrected chi connectivity index (χ2v) is 16.6. The van der Waals surface area contributed by atoms with E-state index in [0.717, 1.165) is 37.9 Å². The number of ether oxygens (including phenoxy) is 6. The summed E-state index contributed by atoms with van der Waals surface area (Å²) in [5, 5.41) is 94.4. The SMILES string of the molecule is N[C@H]1[C@@H](O[C@H]2[C@@H](O)[C@H](O[C@@H]3[C@@H](O)[C@H](N)C[C@H](N)[C@H]3O[C@H]3O[C@H](CO)[C@@H](O)[C@H](O)[C@H]3N)O[C@@H]2CO)O[C@@H](CNC(=O)Cc2cc3ccc4cccc5ccc(c2)c3c45)[C@@H](O)[C@@H]1O. The van der Waals surface area contributed by atoms with Crippen molar-refractivity contribution < 1.29 is 74.1 Å². The van der Waals surface area contributed by atoms with E-state index in [9.17, 15) is 45.6 Å². The van der Waals surface area contributed by atoms with E-state index in [1.54, 1.807) is 0 Å². The Hall–Kier alpha value is -3.33. The summed E-state index contributed by atoms with van der Waals surface area (Å²) in [5.41, 5.74) is 25.6. The molecule has 20 heteroatoms. The summed E-state index contributed by atoms with van der Waals surface area (Å²) < 4.78 is 35.5. The topological polar surface area (TPSA) is 350 Å². The lowest BCUT2D eigenvalue weighted by Crippen LogP contribution is -2.68. The minimum Gasteiger partial charge on any atom is -0.394 e. The van der Waals surface area contributed by atoms with Crippen molar-refractivity contribution in [2.45, 2.75) is 129 Å². The largest absolute Gasteiger partial charge is 0.394 e. The van der Waals surface area contributed by atoms with Crippen LogP contribution in [-0.2, 0) is 39.6 Å². The molecule has 4 fully saturated rings. The first-order valence-corrected chi connectivity index (χ1v) is 20.4. The molecule has 1 aliphatic carbocycles. The van der Waals surface area contributed by atoms with Gasteiger partial charge in [0, 0.05) is 18.6 Å². The molecule has 4 aromatic carbocycles. The highest BCUT2D eigenvalue weighted by molar-refractivity contribution is 6.23. The first-order chi connectivity index (χ1) is 29.2. The van der Waals surface area contributed by atoms with Crippen LogP contribution in [0.3, 0.4) is 0 Å². The van der Waals surface area contributed by atoms with E-state index in [-0.39, 0.29) is 25.3 Å². The Kier molecular flexibility index (Phi) is 13.1. The van der Waals surface area contributed by atoms with Gasteiger partial charge in [-0.2, -0.15) is 0 Å². The van der Waals surface area contributed by atoms with Crippen molar-refractivity contribution in [2.75, 3.05) is 19.8 Å². The van der Waals surface area contributed by atoms with E-state index in [2.05, 4.69) is 29.6 Å². The Bertz CT molecular complexity index is 2070. The van der Waals surface area contributed by atoms with Gasteiger partial charge in [0.2, 0.25) is 5.91 Å². The second-order valence-electron chi connectivity index (χ2n) is 16.6. The summed E-state index contributed by atoms with van der Waals surface area (Å²) in [6.45, 7) is -1.64. The van der Waals surface area contributed by atoms with Gasteiger partial charge in [0.25, 0.3) is 0 Å². The molecule has 4 aliphatic rings. The highest BCUT2D eigenvalue weighted by Gasteiger charge is 2.54. The monoisotopic (exact) mass is 857 g/mol. The van der Waals surface area contributed by atoms with Crippen molar-refractivity contribution >= 4 is 38.2 Å². The van der Waals surface area contributed by atoms with Crippen LogP contribution < -0.4 is 28.3 Å². The van der Waals surface area contributed by atoms with Crippen molar-refractivity contribution in [3.05, 3.63) is 60.2 Å². The lowest BCUT2D eigenvalue weighted by atomic mass is 9.84. The number of aliphatic hydroxyl groups excluding tert-OH is 8. The van der Waals surface area contributed by atoms with Gasteiger partial charge in [-0.3, -0.25) is 4.79 Å². The van der Waals surface area contributed by atoms with E-state index < -0.39 is 129 Å². The summed E-state index contributed by atoms with van der Waals surface area (Å²) in [7, 11) is 0. The van der Waals surface area contributed by atoms with Crippen molar-refractivity contribution in [2.24, 2.45) is 22.9 Å². The molecule has 17 N–H and O–H groups in total. The molecule has 0 radical (unpaired) electrons. The molecule has 20 nitrogen and oxygen atoms in total. The summed E-state index contributed by atoms with van der Waals surface area (Å²) in [6, 6.07) is 13.7. The van der Waals surface area contributed by atoms with Gasteiger partial charge in [0.05, 0.1) is 37.8 Å². The molecule has 0 spiro atoms. The minimum atomic E-state index is -1.70. The van der Waals surface area contributed by atoms with Crippen LogP contribution in [0.5, 0.6) is 0 Å². The molecule has 1 amide bonds. The minimum absolute atomic E-state index is 0.0125. The number of hydrogen-bond acceptors (Lipinski definition) is 19. The number of carbonyl (C=O) groups excluding carboxylic acids is 1. The van der Waals surface area contributed by atoms with Gasteiger partial charge in [-0.1, -0.05) is 54.6 Å². The van der Waals surface area contributed by atoms with Gasteiger partial charge in [0.1, 0.15) is 67.1 Å². The van der Waals surface area contributed by atoms with Crippen molar-refractivity contribution in [1.82, 2.24) is 5.32 Å². The molecular weight excluding hydrogens is 802 g/mol. The van der Waals surface area contributed by atoms with Gasteiger partial charge in [-0.05, 0) is 44.3 Å². The van der Waals surface area contributed by atoms with Crippen LogP contribution in [0.25, 0.3) is 32.3 Å². The fourth-order valence-electron chi connectivity index (χ4n) is 9.06. The van der Waals surface area contributed by atoms with Gasteiger partial charge < -0.3 is 97.5 Å². The highest BCUT2D eigenvalue weighted by atomic mass is 16.8. The third-order valence-electron chi connectivity index (χ3n) is 12.5. The summed E-state index contributed by atoms with van der Waals surface area (Å²) in [5.74, 6) is -0.379. The Morgan fingerprint density at radius 1 is 0.590 bits per heavy atom. The molecule has 61 heavy (non-hydrogen) atoms. The number of nitrogens with one attached hydrogen (secondary N) is 1. The maximum absolute atomic E-state index is 13.3. The maximum atomic E-state index is 13.3. The van der Waals surface area contributed by atoms with Gasteiger partial charge in [-0.25, -0.2) is 0 Å². The zero-order chi connectivity index (χ0) is 43.4. The standard InChI is InChI=1S/C41H55N5O15/c42-20-11-21(43)36(59-40-29(45)34(54)32(52)23(13-47)57-40)38(30(20)50)61-41-35(55)37(24(14-48)58-41)60-39-28(44)33(53)31(51)22(56-39)12-46-25(49)10-15-8-18-6-4-16-2-1-3-17-5-7-19(9-15)27(18)26(16)17/h1-9,20-24,28-41,47-48,50-55H,10-14,42-45H2,(H,46,49)/t20-,21+,22+,23-,24-,28-,29-,30+,31-,32-,33-,34-,35-,36-,37-,38-,39-,40-,41+/m1/s1. The number of aliphatic hydroxyl groups is 8. The molecule has 4 aromatic rings. The maximum Gasteiger partial charge on any atom is 0.224 e. The van der Waals surface area contributed by atoms with Crippen molar-refractivity contribution in [3.63, 3.8) is 0 Å². The average Bonchev–Trinajstić information content (AvgIpc) is 3.55. The van der Waals surface area contributed by atoms with Gasteiger partial charge >= 0.3 is 0 Å². The number of rotatable bonds is 12. The summed E-state index contributed by atoms with van der Waals surface area (Å²) in [4.78, 5) is 13.3. The third-order valence-corrected chi connectivity index (χ3v) is 12.5. The van der Waals surface area contributed by atoms with E-state index in [0.29, 0.717) is 0 Å². The molecular formula is C41H55N5O15. The molecule has 334 valence electrons. The zero-order valence-corrected chi connectivity index (χ0v) is 32.9. The Morgan fingerprint density at radius 3 is 1.70 bits per heavy atom. The third kappa shape index (κ3) is 8.44. The Balaban J connectivity index is 0.916. The van der Waals surface area contributed by atoms with Crippen LogP contribution in [0, 0.1) is 0 Å². The second kappa shape index (κ2) is 18.0. The van der Waals surface area contributed by atoms with Gasteiger partial charge in [0.15, 0.2) is 18.9 Å². The number of benzene rings is 4. The van der Waals surface area contributed by atoms with Gasteiger partial charge in [-0.15, -0.1) is 0 Å². The summed E-state index contributed by atoms with van der Waals surface area (Å²) >= 11 is 0.